The summed E-state index contributed by atoms with van der Waals surface area (Å²) in [7, 11) is 0. The second kappa shape index (κ2) is 7.35. The number of ether oxygens (including phenoxy) is 1. The third-order valence-electron chi connectivity index (χ3n) is 4.43. The molecule has 4 rings (SSSR count). The molecule has 2 aromatic rings. The molecule has 0 aromatic carbocycles. The highest BCUT2D eigenvalue weighted by Gasteiger charge is 2.27. The van der Waals surface area contributed by atoms with Crippen LogP contribution in [0.2, 0.25) is 0 Å². The number of urea groups is 1. The average molecular weight is 359 g/mol. The van der Waals surface area contributed by atoms with E-state index in [9.17, 15) is 4.79 Å². The maximum absolute atomic E-state index is 12.0. The maximum Gasteiger partial charge on any atom is 0.321 e. The maximum atomic E-state index is 12.0. The first kappa shape index (κ1) is 16.3. The lowest BCUT2D eigenvalue weighted by Crippen LogP contribution is -2.28. The van der Waals surface area contributed by atoms with E-state index in [-0.39, 0.29) is 12.1 Å². The summed E-state index contributed by atoms with van der Waals surface area (Å²) in [4.78, 5) is 16.3. The lowest BCUT2D eigenvalue weighted by atomic mass is 10.2. The molecule has 0 unspecified atom stereocenters. The van der Waals surface area contributed by atoms with Crippen molar-refractivity contribution < 1.29 is 9.53 Å². The standard InChI is InChI=1S/C17H21N5O2S/c23-16(20-17-22-21-15(25-17)12-5-6-12)19-10-11-7-8-18-14(9-11)24-13-3-1-2-4-13/h7-9,12-13H,1-6,10H2,(H2,19,20,22,23). The molecule has 2 aliphatic carbocycles. The molecule has 2 N–H and O–H groups in total. The van der Waals surface area contributed by atoms with E-state index >= 15 is 0 Å². The van der Waals surface area contributed by atoms with Crippen molar-refractivity contribution in [2.75, 3.05) is 5.32 Å². The zero-order valence-corrected chi connectivity index (χ0v) is 14.7. The fourth-order valence-corrected chi connectivity index (χ4v) is 3.81. The molecule has 2 aliphatic rings. The Kier molecular flexibility index (Phi) is 4.78. The van der Waals surface area contributed by atoms with E-state index in [0.717, 1.165) is 23.4 Å². The average Bonchev–Trinajstić information content (AvgIpc) is 3.14. The summed E-state index contributed by atoms with van der Waals surface area (Å²) in [6, 6.07) is 3.47. The first-order chi connectivity index (χ1) is 12.3. The van der Waals surface area contributed by atoms with E-state index < -0.39 is 0 Å². The molecule has 2 heterocycles. The van der Waals surface area contributed by atoms with Crippen molar-refractivity contribution >= 4 is 22.5 Å². The number of nitrogens with zero attached hydrogens (tertiary/aromatic N) is 3. The van der Waals surface area contributed by atoms with E-state index in [4.69, 9.17) is 4.74 Å². The van der Waals surface area contributed by atoms with E-state index in [1.54, 1.807) is 6.20 Å². The Balaban J connectivity index is 1.27. The predicted octanol–water partition coefficient (Wildman–Crippen LogP) is 3.45. The van der Waals surface area contributed by atoms with E-state index in [1.165, 1.54) is 37.0 Å². The van der Waals surface area contributed by atoms with Crippen LogP contribution in [0, 0.1) is 0 Å². The molecule has 7 nitrogen and oxygen atoms in total. The van der Waals surface area contributed by atoms with Crippen LogP contribution in [-0.4, -0.2) is 27.3 Å². The summed E-state index contributed by atoms with van der Waals surface area (Å²) in [6.07, 6.45) is 8.97. The van der Waals surface area contributed by atoms with Crippen molar-refractivity contribution in [1.29, 1.82) is 0 Å². The SMILES string of the molecule is O=C(NCc1ccnc(OC2CCCC2)c1)Nc1nnc(C2CC2)s1. The van der Waals surface area contributed by atoms with Gasteiger partial charge in [-0.3, -0.25) is 5.32 Å². The number of rotatable bonds is 6. The van der Waals surface area contributed by atoms with Crippen molar-refractivity contribution in [3.8, 4) is 5.88 Å². The van der Waals surface area contributed by atoms with Crippen LogP contribution in [0.3, 0.4) is 0 Å². The molecule has 2 fully saturated rings. The molecule has 0 spiro atoms. The molecule has 0 atom stereocenters. The second-order valence-electron chi connectivity index (χ2n) is 6.55. The van der Waals surface area contributed by atoms with E-state index in [2.05, 4.69) is 25.8 Å². The van der Waals surface area contributed by atoms with E-state index in [1.807, 2.05) is 12.1 Å². The van der Waals surface area contributed by atoms with Crippen LogP contribution in [0.25, 0.3) is 0 Å². The van der Waals surface area contributed by atoms with Gasteiger partial charge in [0.1, 0.15) is 11.1 Å². The van der Waals surface area contributed by atoms with Crippen LogP contribution in [0.15, 0.2) is 18.3 Å². The number of nitrogens with one attached hydrogen (secondary N) is 2. The van der Waals surface area contributed by atoms with Crippen LogP contribution in [0.4, 0.5) is 9.93 Å². The number of hydrogen-bond donors (Lipinski definition) is 2. The number of anilines is 1. The van der Waals surface area contributed by atoms with Gasteiger partial charge in [0, 0.05) is 24.7 Å². The smallest absolute Gasteiger partial charge is 0.321 e. The molecule has 0 aliphatic heterocycles. The monoisotopic (exact) mass is 359 g/mol. The normalized spacial score (nSPS) is 17.4. The van der Waals surface area contributed by atoms with E-state index in [0.29, 0.717) is 23.5 Å². The van der Waals surface area contributed by atoms with Crippen LogP contribution in [0.5, 0.6) is 5.88 Å². The molecule has 2 aromatic heterocycles. The summed E-state index contributed by atoms with van der Waals surface area (Å²) < 4.78 is 5.89. The van der Waals surface area contributed by atoms with Gasteiger partial charge in [0.25, 0.3) is 0 Å². The highest BCUT2D eigenvalue weighted by atomic mass is 32.1. The molecule has 0 saturated heterocycles. The lowest BCUT2D eigenvalue weighted by Gasteiger charge is -2.12. The highest BCUT2D eigenvalue weighted by Crippen LogP contribution is 2.42. The van der Waals surface area contributed by atoms with Crippen LogP contribution >= 0.6 is 11.3 Å². The molecular weight excluding hydrogens is 338 g/mol. The summed E-state index contributed by atoms with van der Waals surface area (Å²) in [5.74, 6) is 1.18. The molecule has 2 saturated carbocycles. The molecule has 8 heteroatoms. The van der Waals surface area contributed by atoms with Gasteiger partial charge in [-0.25, -0.2) is 9.78 Å². The predicted molar refractivity (Wildman–Crippen MR) is 94.9 cm³/mol. The Morgan fingerprint density at radius 1 is 1.24 bits per heavy atom. The Hall–Kier alpha value is -2.22. The molecular formula is C17H21N5O2S. The second-order valence-corrected chi connectivity index (χ2v) is 7.56. The minimum atomic E-state index is -0.284. The van der Waals surface area contributed by atoms with Crippen LogP contribution < -0.4 is 15.4 Å². The fraction of sp³-hybridized carbons (Fsp3) is 0.529. The van der Waals surface area contributed by atoms with Crippen molar-refractivity contribution in [3.63, 3.8) is 0 Å². The third-order valence-corrected chi connectivity index (χ3v) is 5.43. The number of aromatic nitrogens is 3. The van der Waals surface area contributed by atoms with Gasteiger partial charge >= 0.3 is 6.03 Å². The zero-order valence-electron chi connectivity index (χ0n) is 13.9. The Morgan fingerprint density at radius 3 is 2.88 bits per heavy atom. The van der Waals surface area contributed by atoms with Crippen molar-refractivity contribution in [2.45, 2.75) is 57.1 Å². The third kappa shape index (κ3) is 4.45. The van der Waals surface area contributed by atoms with Crippen LogP contribution in [-0.2, 0) is 6.54 Å². The van der Waals surface area contributed by atoms with Crippen molar-refractivity contribution in [1.82, 2.24) is 20.5 Å². The minimum absolute atomic E-state index is 0.275. The summed E-state index contributed by atoms with van der Waals surface area (Å²) in [5.41, 5.74) is 0.953. The number of amides is 2. The van der Waals surface area contributed by atoms with Gasteiger partial charge in [0.2, 0.25) is 11.0 Å². The fourth-order valence-electron chi connectivity index (χ4n) is 2.91. The number of pyridine rings is 1. The molecule has 25 heavy (non-hydrogen) atoms. The quantitative estimate of drug-likeness (QED) is 0.824. The van der Waals surface area contributed by atoms with Crippen LogP contribution in [0.1, 0.15) is 55.0 Å². The Morgan fingerprint density at radius 2 is 2.08 bits per heavy atom. The van der Waals surface area contributed by atoms with Gasteiger partial charge in [-0.15, -0.1) is 10.2 Å². The van der Waals surface area contributed by atoms with Gasteiger partial charge < -0.3 is 10.1 Å². The topological polar surface area (TPSA) is 89.0 Å². The summed E-state index contributed by atoms with van der Waals surface area (Å²) in [6.45, 7) is 0.406. The summed E-state index contributed by atoms with van der Waals surface area (Å²) >= 11 is 1.45. The Labute approximate surface area is 150 Å². The van der Waals surface area contributed by atoms with Gasteiger partial charge in [0.05, 0.1) is 0 Å². The number of hydrogen-bond acceptors (Lipinski definition) is 6. The molecule has 0 radical (unpaired) electrons. The number of carbonyl (C=O) groups is 1. The first-order valence-electron chi connectivity index (χ1n) is 8.76. The van der Waals surface area contributed by atoms with Gasteiger partial charge in [-0.2, -0.15) is 0 Å². The van der Waals surface area contributed by atoms with Gasteiger partial charge in [-0.05, 0) is 50.2 Å². The van der Waals surface area contributed by atoms with Crippen molar-refractivity contribution in [2.24, 2.45) is 0 Å². The number of carbonyl (C=O) groups excluding carboxylic acids is 1. The lowest BCUT2D eigenvalue weighted by molar-refractivity contribution is 0.201. The van der Waals surface area contributed by atoms with Gasteiger partial charge in [-0.1, -0.05) is 11.3 Å². The van der Waals surface area contributed by atoms with Crippen molar-refractivity contribution in [3.05, 3.63) is 28.9 Å². The highest BCUT2D eigenvalue weighted by molar-refractivity contribution is 7.15. The molecule has 0 bridgehead atoms. The van der Waals surface area contributed by atoms with Gasteiger partial charge in [0.15, 0.2) is 0 Å². The molecule has 2 amide bonds. The largest absolute Gasteiger partial charge is 0.474 e. The minimum Gasteiger partial charge on any atom is -0.474 e. The molecule has 132 valence electrons. The Bertz CT molecular complexity index is 740. The zero-order chi connectivity index (χ0) is 17.1. The summed E-state index contributed by atoms with van der Waals surface area (Å²) in [5, 5.41) is 15.2. The first-order valence-corrected chi connectivity index (χ1v) is 9.58.